The number of carbonyl (C=O) groups is 2. The van der Waals surface area contributed by atoms with E-state index in [1.54, 1.807) is 42.5 Å². The van der Waals surface area contributed by atoms with Gasteiger partial charge < -0.3 is 15.5 Å². The zero-order chi connectivity index (χ0) is 28.8. The summed E-state index contributed by atoms with van der Waals surface area (Å²) in [4.78, 5) is 29.1. The second kappa shape index (κ2) is 13.3. The van der Waals surface area contributed by atoms with Gasteiger partial charge in [0.1, 0.15) is 11.9 Å². The van der Waals surface area contributed by atoms with Crippen molar-refractivity contribution in [3.05, 3.63) is 59.9 Å². The molecule has 2 aromatic carbocycles. The Morgan fingerprint density at radius 1 is 0.951 bits per heavy atom. The molecule has 0 radical (unpaired) electrons. The average Bonchev–Trinajstić information content (AvgIpc) is 3.39. The van der Waals surface area contributed by atoms with Crippen molar-refractivity contribution < 1.29 is 22.4 Å². The van der Waals surface area contributed by atoms with E-state index in [0.717, 1.165) is 49.9 Å². The normalized spacial score (nSPS) is 19.5. The van der Waals surface area contributed by atoms with E-state index in [-0.39, 0.29) is 41.5 Å². The highest BCUT2D eigenvalue weighted by Gasteiger charge is 2.34. The minimum atomic E-state index is -3.59. The summed E-state index contributed by atoms with van der Waals surface area (Å²) in [5.74, 6) is -0.512. The van der Waals surface area contributed by atoms with E-state index in [1.165, 1.54) is 16.8 Å². The van der Waals surface area contributed by atoms with Crippen LogP contribution in [0.2, 0.25) is 0 Å². The molecule has 1 atom stereocenters. The highest BCUT2D eigenvalue weighted by Crippen LogP contribution is 2.29. The lowest BCUT2D eigenvalue weighted by Gasteiger charge is -2.32. The summed E-state index contributed by atoms with van der Waals surface area (Å²) >= 11 is 0. The molecular weight excluding hydrogens is 543 g/mol. The maximum absolute atomic E-state index is 13.6. The molecule has 2 N–H and O–H groups in total. The maximum atomic E-state index is 13.6. The second-order valence-corrected chi connectivity index (χ2v) is 13.5. The number of halogens is 1. The Morgan fingerprint density at radius 2 is 1.68 bits per heavy atom. The van der Waals surface area contributed by atoms with E-state index in [0.29, 0.717) is 38.3 Å². The Kier molecular flexibility index (Phi) is 9.60. The number of anilines is 1. The quantitative estimate of drug-likeness (QED) is 0.442. The highest BCUT2D eigenvalue weighted by molar-refractivity contribution is 7.89. The van der Waals surface area contributed by atoms with Crippen LogP contribution in [0.25, 0.3) is 0 Å². The molecule has 5 rings (SSSR count). The third kappa shape index (κ3) is 7.27. The molecule has 2 aromatic rings. The smallest absolute Gasteiger partial charge is 0.243 e. The van der Waals surface area contributed by atoms with Gasteiger partial charge in [-0.15, -0.1) is 0 Å². The number of fused-ring (bicyclic) bond motifs is 1. The van der Waals surface area contributed by atoms with Crippen LogP contribution < -0.4 is 15.5 Å². The van der Waals surface area contributed by atoms with E-state index in [2.05, 4.69) is 15.5 Å². The number of piperidine rings is 1. The first kappa shape index (κ1) is 29.5. The topological polar surface area (TPSA) is 98.8 Å². The molecule has 2 fully saturated rings. The van der Waals surface area contributed by atoms with Crippen molar-refractivity contribution >= 4 is 27.5 Å². The zero-order valence-corrected chi connectivity index (χ0v) is 24.4. The van der Waals surface area contributed by atoms with Crippen LogP contribution in [0.4, 0.5) is 10.1 Å². The molecule has 1 aliphatic carbocycles. The molecule has 1 saturated heterocycles. The van der Waals surface area contributed by atoms with Gasteiger partial charge in [-0.3, -0.25) is 9.59 Å². The van der Waals surface area contributed by atoms with Gasteiger partial charge in [0.25, 0.3) is 0 Å². The van der Waals surface area contributed by atoms with Crippen LogP contribution in [-0.2, 0) is 26.0 Å². The molecule has 8 nitrogen and oxygen atoms in total. The maximum Gasteiger partial charge on any atom is 0.243 e. The number of sulfonamides is 1. The number of hydrogen-bond donors (Lipinski definition) is 2. The van der Waals surface area contributed by atoms with Gasteiger partial charge in [-0.05, 0) is 67.5 Å². The Labute approximate surface area is 242 Å². The summed E-state index contributed by atoms with van der Waals surface area (Å²) in [6.07, 6.45) is 7.89. The lowest BCUT2D eigenvalue weighted by molar-refractivity contribution is -0.132. The second-order valence-electron chi connectivity index (χ2n) is 11.6. The molecule has 0 aromatic heterocycles. The van der Waals surface area contributed by atoms with Crippen molar-refractivity contribution in [2.24, 2.45) is 11.8 Å². The fraction of sp³-hybridized carbons (Fsp3) is 0.548. The van der Waals surface area contributed by atoms with Crippen molar-refractivity contribution in [2.45, 2.75) is 68.7 Å². The number of nitrogens with zero attached hydrogens (tertiary/aromatic N) is 2. The third-order valence-electron chi connectivity index (χ3n) is 8.85. The fourth-order valence-corrected chi connectivity index (χ4v) is 7.98. The van der Waals surface area contributed by atoms with Gasteiger partial charge in [-0.1, -0.05) is 50.3 Å². The van der Waals surface area contributed by atoms with E-state index in [9.17, 15) is 22.4 Å². The summed E-state index contributed by atoms with van der Waals surface area (Å²) in [6.45, 7) is 2.38. The number of amides is 2. The molecule has 2 aliphatic heterocycles. The molecular formula is C31H41FN4O4S. The summed E-state index contributed by atoms with van der Waals surface area (Å²) < 4.78 is 41.0. The van der Waals surface area contributed by atoms with Gasteiger partial charge >= 0.3 is 0 Å². The van der Waals surface area contributed by atoms with Gasteiger partial charge in [0.2, 0.25) is 21.8 Å². The lowest BCUT2D eigenvalue weighted by Crippen LogP contribution is -2.52. The average molecular weight is 585 g/mol. The zero-order valence-electron chi connectivity index (χ0n) is 23.6. The molecule has 222 valence electrons. The van der Waals surface area contributed by atoms with Crippen LogP contribution in [0.15, 0.2) is 53.4 Å². The van der Waals surface area contributed by atoms with Crippen molar-refractivity contribution in [1.29, 1.82) is 0 Å². The Balaban J connectivity index is 1.16. The molecule has 0 spiro atoms. The standard InChI is InChI=1S/C31H41FN4O4S/c32-26-11-12-29-25(22-26)13-17-35(29)20-16-33-31(38)28(21-23-7-3-1-4-8-23)34-30(37)24-14-18-36(19-15-24)41(39,40)27-9-5-2-6-10-27/h2,5-6,9-12,22-24,28H,1,3-4,7-8,13-21H2,(H,33,38)(H,34,37)/t28-/m0/s1. The van der Waals surface area contributed by atoms with E-state index in [4.69, 9.17) is 0 Å². The van der Waals surface area contributed by atoms with Gasteiger partial charge in [0.15, 0.2) is 0 Å². The third-order valence-corrected chi connectivity index (χ3v) is 10.8. The van der Waals surface area contributed by atoms with Crippen LogP contribution in [0.5, 0.6) is 0 Å². The number of carbonyl (C=O) groups excluding carboxylic acids is 2. The molecule has 41 heavy (non-hydrogen) atoms. The lowest BCUT2D eigenvalue weighted by atomic mass is 9.84. The Morgan fingerprint density at radius 3 is 2.41 bits per heavy atom. The summed E-state index contributed by atoms with van der Waals surface area (Å²) in [7, 11) is -3.59. The van der Waals surface area contributed by atoms with Crippen LogP contribution in [-0.4, -0.2) is 63.3 Å². The van der Waals surface area contributed by atoms with Gasteiger partial charge in [-0.2, -0.15) is 4.31 Å². The predicted molar refractivity (Wildman–Crippen MR) is 156 cm³/mol. The first-order valence-corrected chi connectivity index (χ1v) is 16.4. The molecule has 2 amide bonds. The van der Waals surface area contributed by atoms with Crippen LogP contribution in [0, 0.1) is 17.7 Å². The molecule has 3 aliphatic rings. The number of nitrogens with one attached hydrogen (secondary N) is 2. The minimum Gasteiger partial charge on any atom is -0.369 e. The van der Waals surface area contributed by atoms with Crippen molar-refractivity contribution in [3.63, 3.8) is 0 Å². The summed E-state index contributed by atoms with van der Waals surface area (Å²) in [6, 6.07) is 12.6. The molecule has 2 heterocycles. The molecule has 0 unspecified atom stereocenters. The highest BCUT2D eigenvalue weighted by atomic mass is 32.2. The summed E-state index contributed by atoms with van der Waals surface area (Å²) in [5.41, 5.74) is 2.00. The monoisotopic (exact) mass is 584 g/mol. The largest absolute Gasteiger partial charge is 0.369 e. The van der Waals surface area contributed by atoms with E-state index >= 15 is 0 Å². The Bertz CT molecular complexity index is 1310. The molecule has 0 bridgehead atoms. The SMILES string of the molecule is O=C(N[C@@H](CC1CCCCC1)C(=O)NCCN1CCc2cc(F)ccc21)C1CCN(S(=O)(=O)c2ccccc2)CC1. The first-order valence-electron chi connectivity index (χ1n) is 15.0. The molecule has 10 heteroatoms. The van der Waals surface area contributed by atoms with Crippen molar-refractivity contribution in [2.75, 3.05) is 37.6 Å². The number of rotatable bonds is 10. The van der Waals surface area contributed by atoms with Crippen LogP contribution >= 0.6 is 0 Å². The van der Waals surface area contributed by atoms with Crippen LogP contribution in [0.1, 0.15) is 56.9 Å². The predicted octanol–water partition coefficient (Wildman–Crippen LogP) is 3.86. The van der Waals surface area contributed by atoms with E-state index < -0.39 is 16.1 Å². The van der Waals surface area contributed by atoms with Crippen LogP contribution in [0.3, 0.4) is 0 Å². The summed E-state index contributed by atoms with van der Waals surface area (Å²) in [5, 5.41) is 6.08. The minimum absolute atomic E-state index is 0.173. The number of benzene rings is 2. The Hall–Kier alpha value is -2.98. The van der Waals surface area contributed by atoms with Gasteiger partial charge in [-0.25, -0.2) is 12.8 Å². The number of hydrogen-bond acceptors (Lipinski definition) is 5. The van der Waals surface area contributed by atoms with Gasteiger partial charge in [0, 0.05) is 44.3 Å². The fourth-order valence-electron chi connectivity index (χ4n) is 6.49. The molecule has 1 saturated carbocycles. The first-order chi connectivity index (χ1) is 19.8. The van der Waals surface area contributed by atoms with E-state index in [1.807, 2.05) is 0 Å². The van der Waals surface area contributed by atoms with Crippen molar-refractivity contribution in [1.82, 2.24) is 14.9 Å². The van der Waals surface area contributed by atoms with Crippen molar-refractivity contribution in [3.8, 4) is 0 Å². The van der Waals surface area contributed by atoms with Gasteiger partial charge in [0.05, 0.1) is 4.90 Å².